The van der Waals surface area contributed by atoms with E-state index in [9.17, 15) is 34.6 Å². The highest BCUT2D eigenvalue weighted by atomic mass is 32.9. The van der Waals surface area contributed by atoms with Crippen LogP contribution in [0.2, 0.25) is 0 Å². The predicted octanol–water partition coefficient (Wildman–Crippen LogP) is 7.41. The van der Waals surface area contributed by atoms with Gasteiger partial charge >= 0.3 is 17.9 Å². The second-order valence-electron chi connectivity index (χ2n) is 11.2. The first kappa shape index (κ1) is 37.6. The van der Waals surface area contributed by atoms with Crippen molar-refractivity contribution < 1.29 is 48.4 Å². The van der Waals surface area contributed by atoms with Crippen LogP contribution < -0.4 is 14.2 Å². The van der Waals surface area contributed by atoms with Crippen molar-refractivity contribution in [2.45, 2.75) is 45.6 Å². The Morgan fingerprint density at radius 3 is 2.10 bits per heavy atom. The molecule has 14 nitrogen and oxygen atoms in total. The van der Waals surface area contributed by atoms with Crippen LogP contribution in [0, 0.1) is 30.0 Å². The molecule has 3 aromatic carbocycles. The quantitative estimate of drug-likeness (QED) is 0.0276. The van der Waals surface area contributed by atoms with E-state index in [1.165, 1.54) is 32.8 Å². The van der Waals surface area contributed by atoms with Crippen LogP contribution >= 0.6 is 32.9 Å². The van der Waals surface area contributed by atoms with E-state index >= 15 is 0 Å². The zero-order valence-electron chi connectivity index (χ0n) is 26.8. The van der Waals surface area contributed by atoms with Crippen molar-refractivity contribution in [3.8, 4) is 27.7 Å². The first-order valence-corrected chi connectivity index (χ1v) is 17.5. The lowest BCUT2D eigenvalue weighted by atomic mass is 9.97. The topological polar surface area (TPSA) is 184 Å². The van der Waals surface area contributed by atoms with E-state index < -0.39 is 53.1 Å². The van der Waals surface area contributed by atoms with Gasteiger partial charge in [0, 0.05) is 4.88 Å². The van der Waals surface area contributed by atoms with Gasteiger partial charge in [-0.15, -0.1) is 20.2 Å². The minimum atomic E-state index is -1.70. The number of ether oxygens (including phenoxy) is 3. The molecule has 17 heteroatoms. The Balaban J connectivity index is 1.56. The molecule has 0 bridgehead atoms. The van der Waals surface area contributed by atoms with Crippen molar-refractivity contribution in [1.29, 1.82) is 0 Å². The molecule has 0 amide bonds. The maximum Gasteiger partial charge on any atom is 0.347 e. The summed E-state index contributed by atoms with van der Waals surface area (Å²) in [6.45, 7) is 4.95. The van der Waals surface area contributed by atoms with Crippen molar-refractivity contribution in [3.63, 3.8) is 0 Å². The third kappa shape index (κ3) is 11.1. The van der Waals surface area contributed by atoms with E-state index in [4.69, 9.17) is 26.4 Å². The molecule has 0 aliphatic heterocycles. The van der Waals surface area contributed by atoms with Gasteiger partial charge in [0.05, 0.1) is 12.3 Å². The Morgan fingerprint density at radius 2 is 1.50 bits per heavy atom. The van der Waals surface area contributed by atoms with Crippen molar-refractivity contribution >= 4 is 50.8 Å². The molecule has 2 atom stereocenters. The average molecular weight is 743 g/mol. The third-order valence-corrected chi connectivity index (χ3v) is 9.81. The van der Waals surface area contributed by atoms with E-state index in [0.29, 0.717) is 5.92 Å². The molecule has 0 saturated heterocycles. The molecule has 262 valence electrons. The largest absolute Gasteiger partial charge is 0.426 e. The zero-order chi connectivity index (χ0) is 36.4. The third-order valence-electron chi connectivity index (χ3n) is 6.90. The summed E-state index contributed by atoms with van der Waals surface area (Å²) in [5.74, 6) is -3.24. The number of carbonyl (C=O) groups is 3. The van der Waals surface area contributed by atoms with E-state index in [0.717, 1.165) is 37.9 Å². The van der Waals surface area contributed by atoms with Gasteiger partial charge in [-0.3, -0.25) is 9.59 Å². The smallest absolute Gasteiger partial charge is 0.347 e. The van der Waals surface area contributed by atoms with Gasteiger partial charge in [-0.1, -0.05) is 71.0 Å². The monoisotopic (exact) mass is 742 g/mol. The Hall–Kier alpha value is -5.26. The number of nitrogens with zero attached hydrogens (tertiary/aromatic N) is 2. The second-order valence-corrected chi connectivity index (χ2v) is 14.1. The molecule has 50 heavy (non-hydrogen) atoms. The van der Waals surface area contributed by atoms with Crippen LogP contribution in [-0.2, 0) is 25.7 Å². The van der Waals surface area contributed by atoms with Crippen LogP contribution in [0.25, 0.3) is 10.4 Å². The summed E-state index contributed by atoms with van der Waals surface area (Å²) in [4.78, 5) is 70.0. The lowest BCUT2D eigenvalue weighted by Gasteiger charge is -2.16. The molecule has 0 aliphatic rings. The summed E-state index contributed by atoms with van der Waals surface area (Å²) < 4.78 is 17.2. The van der Waals surface area contributed by atoms with Crippen molar-refractivity contribution in [1.82, 2.24) is 0 Å². The highest BCUT2D eigenvalue weighted by molar-refractivity contribution is 7.80. The Bertz CT molecular complexity index is 1910. The Morgan fingerprint density at radius 1 is 0.820 bits per heavy atom. The molecule has 2 unspecified atom stereocenters. The van der Waals surface area contributed by atoms with Crippen LogP contribution in [-0.4, -0.2) is 40.8 Å². The normalized spacial score (nSPS) is 12.0. The molecule has 0 spiro atoms. The van der Waals surface area contributed by atoms with Crippen molar-refractivity contribution in [2.75, 3.05) is 6.61 Å². The molecule has 4 rings (SSSR count). The second kappa shape index (κ2) is 17.4. The summed E-state index contributed by atoms with van der Waals surface area (Å²) in [6.07, 6.45) is -1.66. The number of hydrogen-bond donors (Lipinski definition) is 0. The summed E-state index contributed by atoms with van der Waals surface area (Å²) in [7, 11) is 2.95. The zero-order valence-corrected chi connectivity index (χ0v) is 29.2. The van der Waals surface area contributed by atoms with Gasteiger partial charge in [-0.25, -0.2) is 4.79 Å². The van der Waals surface area contributed by atoms with Gasteiger partial charge in [0.25, 0.3) is 10.2 Å². The maximum atomic E-state index is 13.4. The fourth-order valence-electron chi connectivity index (χ4n) is 4.54. The van der Waals surface area contributed by atoms with Crippen molar-refractivity contribution in [2.24, 2.45) is 5.92 Å². The highest BCUT2D eigenvalue weighted by Crippen LogP contribution is 2.32. The Labute approximate surface area is 297 Å². The van der Waals surface area contributed by atoms with E-state index in [1.807, 2.05) is 30.3 Å². The van der Waals surface area contributed by atoms with Crippen LogP contribution in [0.15, 0.2) is 72.8 Å². The Kier molecular flexibility index (Phi) is 13.1. The van der Waals surface area contributed by atoms with Crippen LogP contribution in [0.3, 0.4) is 0 Å². The lowest BCUT2D eigenvalue weighted by Crippen LogP contribution is -2.29. The molecular weight excluding hydrogens is 713 g/mol. The number of rotatable bonds is 16. The molecule has 0 aliphatic carbocycles. The van der Waals surface area contributed by atoms with Gasteiger partial charge in [0.15, 0.2) is 0 Å². The lowest BCUT2D eigenvalue weighted by molar-refractivity contribution is -0.789. The molecule has 1 heterocycles. The fraction of sp³-hybridized carbons (Fsp3) is 0.273. The van der Waals surface area contributed by atoms with Crippen molar-refractivity contribution in [3.05, 3.63) is 114 Å². The molecular formula is C33H30N2O12S3. The molecule has 1 aromatic heterocycles. The van der Waals surface area contributed by atoms with Crippen LogP contribution in [0.1, 0.15) is 54.6 Å². The van der Waals surface area contributed by atoms with E-state index in [1.54, 1.807) is 31.2 Å². The van der Waals surface area contributed by atoms with Crippen LogP contribution in [0.4, 0.5) is 0 Å². The number of benzene rings is 3. The molecule has 0 radical (unpaired) electrons. The number of hydrogen-bond acceptors (Lipinski definition) is 15. The first-order valence-electron chi connectivity index (χ1n) is 14.9. The summed E-state index contributed by atoms with van der Waals surface area (Å²) in [5, 5.41) is 18.9. The maximum absolute atomic E-state index is 13.4. The minimum Gasteiger partial charge on any atom is -0.426 e. The predicted molar refractivity (Wildman–Crippen MR) is 184 cm³/mol. The average Bonchev–Trinajstić information content (AvgIpc) is 3.50. The van der Waals surface area contributed by atoms with Gasteiger partial charge < -0.3 is 23.9 Å². The SMILES string of the molecule is CC(C)Cc1ccc(C(C)C(=O)Oc2ccc(OC(=O)CC(CO[N+](=O)[O-])O[N+](=O)[O-])c(C(=O)Oc3ccc(-c4cc(=S)ss4)cc3)c2)cc1. The van der Waals surface area contributed by atoms with E-state index in [2.05, 4.69) is 23.5 Å². The van der Waals surface area contributed by atoms with E-state index in [-0.39, 0.29) is 22.8 Å². The molecule has 0 fully saturated rings. The molecule has 0 N–H and O–H groups in total. The minimum absolute atomic E-state index is 0.0621. The highest BCUT2D eigenvalue weighted by Gasteiger charge is 2.25. The van der Waals surface area contributed by atoms with Gasteiger partial charge in [-0.2, -0.15) is 0 Å². The summed E-state index contributed by atoms with van der Waals surface area (Å²) >= 11 is 5.19. The first-order chi connectivity index (χ1) is 23.8. The molecule has 4 aromatic rings. The number of carbonyl (C=O) groups excluding carboxylic acids is 3. The summed E-state index contributed by atoms with van der Waals surface area (Å²) in [5.41, 5.74) is 2.37. The van der Waals surface area contributed by atoms with Gasteiger partial charge in [0.2, 0.25) is 0 Å². The van der Waals surface area contributed by atoms with Crippen LogP contribution in [0.5, 0.6) is 17.2 Å². The van der Waals surface area contributed by atoms with Gasteiger partial charge in [0.1, 0.15) is 39.3 Å². The standard InChI is InChI=1S/C33H30N2O12S3/c1-19(2)14-21-4-6-22(7-5-21)20(3)32(37)45-25-12-13-28(46-30(36)16-26(47-35(41)42)18-43-34(39)40)27(15-25)33(38)44-24-10-8-23(9-11-24)29-17-31(48)50-49-29/h4-13,15,17,19-20,26H,14,16,18H2,1-3H3. The van der Waals surface area contributed by atoms with Gasteiger partial charge in [-0.05, 0) is 84.5 Å². The molecule has 0 saturated carbocycles. The fourth-order valence-corrected chi connectivity index (χ4v) is 6.94. The number of esters is 3. The summed E-state index contributed by atoms with van der Waals surface area (Å²) in [6, 6.07) is 19.6.